The molecule has 0 saturated carbocycles. The van der Waals surface area contributed by atoms with Crippen molar-refractivity contribution in [1.29, 1.82) is 0 Å². The molecule has 3 aromatic rings. The molecule has 0 atom stereocenters. The van der Waals surface area contributed by atoms with Crippen LogP contribution >= 0.6 is 11.3 Å². The van der Waals surface area contributed by atoms with Crippen LogP contribution in [0.2, 0.25) is 0 Å². The van der Waals surface area contributed by atoms with Gasteiger partial charge in [-0.15, -0.1) is 11.3 Å². The predicted octanol–water partition coefficient (Wildman–Crippen LogP) is 4.37. The second-order valence-electron chi connectivity index (χ2n) is 4.42. The van der Waals surface area contributed by atoms with Gasteiger partial charge in [0.25, 0.3) is 0 Å². The van der Waals surface area contributed by atoms with E-state index < -0.39 is 0 Å². The second-order valence-corrected chi connectivity index (χ2v) is 5.33. The van der Waals surface area contributed by atoms with Gasteiger partial charge < -0.3 is 4.74 Å². The number of aryl methyl sites for hydroxylation is 1. The summed E-state index contributed by atoms with van der Waals surface area (Å²) in [4.78, 5) is 4.51. The van der Waals surface area contributed by atoms with Crippen LogP contribution in [-0.2, 0) is 6.61 Å². The average Bonchev–Trinajstić information content (AvgIpc) is 2.92. The van der Waals surface area contributed by atoms with E-state index >= 15 is 0 Å². The molecule has 2 heterocycles. The lowest BCUT2D eigenvalue weighted by atomic mass is 10.2. The number of rotatable bonds is 3. The summed E-state index contributed by atoms with van der Waals surface area (Å²) in [6, 6.07) is 12.2. The van der Waals surface area contributed by atoms with Crippen molar-refractivity contribution in [2.24, 2.45) is 0 Å². The Kier molecular flexibility index (Phi) is 3.22. The third-order valence-electron chi connectivity index (χ3n) is 3.07. The van der Waals surface area contributed by atoms with Crippen molar-refractivity contribution in [2.75, 3.05) is 0 Å². The van der Waals surface area contributed by atoms with Gasteiger partial charge in [0, 0.05) is 15.6 Å². The number of aromatic nitrogens is 1. The molecule has 3 rings (SSSR count). The SMILES string of the molecule is [CH2]c1c(OCc2ccccc2)nc(C)c2ccsc12. The molecule has 95 valence electrons. The van der Waals surface area contributed by atoms with Gasteiger partial charge in [-0.2, -0.15) is 0 Å². The maximum Gasteiger partial charge on any atom is 0.218 e. The van der Waals surface area contributed by atoms with Crippen molar-refractivity contribution in [3.63, 3.8) is 0 Å². The molecule has 0 fully saturated rings. The van der Waals surface area contributed by atoms with E-state index in [1.807, 2.05) is 37.3 Å². The topological polar surface area (TPSA) is 22.1 Å². The molecule has 3 heteroatoms. The lowest BCUT2D eigenvalue weighted by Crippen LogP contribution is -2.00. The zero-order valence-electron chi connectivity index (χ0n) is 10.7. The fraction of sp³-hybridized carbons (Fsp3) is 0.125. The van der Waals surface area contributed by atoms with Gasteiger partial charge in [0.15, 0.2) is 0 Å². The first-order chi connectivity index (χ1) is 9.25. The summed E-state index contributed by atoms with van der Waals surface area (Å²) in [5.74, 6) is 0.635. The highest BCUT2D eigenvalue weighted by Crippen LogP contribution is 2.31. The van der Waals surface area contributed by atoms with Crippen LogP contribution < -0.4 is 4.74 Å². The minimum absolute atomic E-state index is 0.521. The van der Waals surface area contributed by atoms with Crippen molar-refractivity contribution in [2.45, 2.75) is 13.5 Å². The molecular weight excluding hydrogens is 254 g/mol. The summed E-state index contributed by atoms with van der Waals surface area (Å²) in [5.41, 5.74) is 3.01. The Balaban J connectivity index is 1.91. The Labute approximate surface area is 116 Å². The largest absolute Gasteiger partial charge is 0.473 e. The van der Waals surface area contributed by atoms with E-state index in [1.54, 1.807) is 11.3 Å². The number of pyridine rings is 1. The standard InChI is InChI=1S/C16H14NOS/c1-11-15-14(8-9-19-15)12(2)17-16(11)18-10-13-6-4-3-5-7-13/h3-9H,1,10H2,2H3. The number of benzene rings is 1. The van der Waals surface area contributed by atoms with E-state index in [9.17, 15) is 0 Å². The third kappa shape index (κ3) is 2.34. The van der Waals surface area contributed by atoms with Crippen LogP contribution in [-0.4, -0.2) is 4.98 Å². The molecule has 0 N–H and O–H groups in total. The van der Waals surface area contributed by atoms with E-state index in [0.29, 0.717) is 12.5 Å². The van der Waals surface area contributed by atoms with Gasteiger partial charge in [-0.3, -0.25) is 0 Å². The number of ether oxygens (including phenoxy) is 1. The van der Waals surface area contributed by atoms with Gasteiger partial charge in [0.1, 0.15) is 6.61 Å². The predicted molar refractivity (Wildman–Crippen MR) is 79.6 cm³/mol. The zero-order chi connectivity index (χ0) is 13.2. The minimum atomic E-state index is 0.521. The van der Waals surface area contributed by atoms with E-state index in [-0.39, 0.29) is 0 Å². The van der Waals surface area contributed by atoms with E-state index in [2.05, 4.69) is 23.4 Å². The molecule has 0 saturated heterocycles. The monoisotopic (exact) mass is 268 g/mol. The first-order valence-electron chi connectivity index (χ1n) is 6.12. The first-order valence-corrected chi connectivity index (χ1v) is 7.00. The summed E-state index contributed by atoms with van der Waals surface area (Å²) in [6.45, 7) is 6.62. The highest BCUT2D eigenvalue weighted by molar-refractivity contribution is 7.17. The molecule has 0 bridgehead atoms. The highest BCUT2D eigenvalue weighted by Gasteiger charge is 2.10. The summed E-state index contributed by atoms with van der Waals surface area (Å²) in [7, 11) is 0. The molecule has 0 spiro atoms. The Morgan fingerprint density at radius 1 is 1.21 bits per heavy atom. The molecule has 0 aliphatic carbocycles. The molecule has 19 heavy (non-hydrogen) atoms. The summed E-state index contributed by atoms with van der Waals surface area (Å²) < 4.78 is 6.98. The second kappa shape index (κ2) is 5.02. The van der Waals surface area contributed by atoms with Crippen LogP contribution in [0.5, 0.6) is 5.88 Å². The van der Waals surface area contributed by atoms with E-state index in [0.717, 1.165) is 21.5 Å². The van der Waals surface area contributed by atoms with Crippen molar-refractivity contribution in [3.8, 4) is 5.88 Å². The normalized spacial score (nSPS) is 10.8. The van der Waals surface area contributed by atoms with Crippen molar-refractivity contribution in [3.05, 3.63) is 65.5 Å². The van der Waals surface area contributed by atoms with Gasteiger partial charge in [-0.05, 0) is 30.9 Å². The molecule has 0 aliphatic heterocycles. The first kappa shape index (κ1) is 12.2. The maximum absolute atomic E-state index is 5.81. The zero-order valence-corrected chi connectivity index (χ0v) is 11.5. The van der Waals surface area contributed by atoms with Crippen molar-refractivity contribution < 1.29 is 4.74 Å². The number of hydrogen-bond donors (Lipinski definition) is 0. The Morgan fingerprint density at radius 3 is 2.79 bits per heavy atom. The minimum Gasteiger partial charge on any atom is -0.473 e. The lowest BCUT2D eigenvalue weighted by molar-refractivity contribution is 0.293. The Hall–Kier alpha value is -1.87. The number of fused-ring (bicyclic) bond motifs is 1. The molecule has 2 aromatic heterocycles. The maximum atomic E-state index is 5.81. The fourth-order valence-corrected chi connectivity index (χ4v) is 2.96. The highest BCUT2D eigenvalue weighted by atomic mass is 32.1. The average molecular weight is 268 g/mol. The van der Waals surface area contributed by atoms with Crippen LogP contribution in [0, 0.1) is 13.8 Å². The smallest absolute Gasteiger partial charge is 0.218 e. The third-order valence-corrected chi connectivity index (χ3v) is 4.05. The summed E-state index contributed by atoms with van der Waals surface area (Å²) in [5, 5.41) is 3.23. The van der Waals surface area contributed by atoms with Crippen molar-refractivity contribution in [1.82, 2.24) is 4.98 Å². The lowest BCUT2D eigenvalue weighted by Gasteiger charge is -2.10. The van der Waals surface area contributed by atoms with Crippen LogP contribution in [0.25, 0.3) is 10.1 Å². The van der Waals surface area contributed by atoms with Crippen LogP contribution in [0.15, 0.2) is 41.8 Å². The van der Waals surface area contributed by atoms with Gasteiger partial charge in [0.2, 0.25) is 5.88 Å². The molecule has 1 aromatic carbocycles. The Bertz CT molecular complexity index is 703. The van der Waals surface area contributed by atoms with E-state index in [1.165, 1.54) is 5.39 Å². The van der Waals surface area contributed by atoms with Crippen LogP contribution in [0.1, 0.15) is 16.8 Å². The molecular formula is C16H14NOS. The molecule has 0 amide bonds. The van der Waals surface area contributed by atoms with Crippen LogP contribution in [0.3, 0.4) is 0 Å². The van der Waals surface area contributed by atoms with E-state index in [4.69, 9.17) is 4.74 Å². The van der Waals surface area contributed by atoms with Gasteiger partial charge in [0.05, 0.1) is 5.69 Å². The summed E-state index contributed by atoms with van der Waals surface area (Å²) in [6.07, 6.45) is 0. The fourth-order valence-electron chi connectivity index (χ4n) is 2.05. The van der Waals surface area contributed by atoms with Crippen LogP contribution in [0.4, 0.5) is 0 Å². The molecule has 1 radical (unpaired) electrons. The molecule has 0 unspecified atom stereocenters. The van der Waals surface area contributed by atoms with Gasteiger partial charge in [-0.25, -0.2) is 4.98 Å². The Morgan fingerprint density at radius 2 is 2.00 bits per heavy atom. The molecule has 2 nitrogen and oxygen atoms in total. The number of nitrogens with zero attached hydrogens (tertiary/aromatic N) is 1. The number of hydrogen-bond acceptors (Lipinski definition) is 3. The summed E-state index contributed by atoms with van der Waals surface area (Å²) >= 11 is 1.68. The van der Waals surface area contributed by atoms with Gasteiger partial charge in [-0.1, -0.05) is 30.3 Å². The quantitative estimate of drug-likeness (QED) is 0.704. The number of thiophene rings is 1. The van der Waals surface area contributed by atoms with Crippen molar-refractivity contribution >= 4 is 21.4 Å². The molecule has 0 aliphatic rings. The van der Waals surface area contributed by atoms with Gasteiger partial charge >= 0.3 is 0 Å².